The van der Waals surface area contributed by atoms with Gasteiger partial charge in [-0.3, -0.25) is 4.79 Å². The van der Waals surface area contributed by atoms with Gasteiger partial charge in [-0.15, -0.1) is 0 Å². The van der Waals surface area contributed by atoms with E-state index in [0.29, 0.717) is 12.5 Å². The lowest BCUT2D eigenvalue weighted by Gasteiger charge is -2.12. The van der Waals surface area contributed by atoms with Gasteiger partial charge in [0.1, 0.15) is 0 Å². The molecule has 0 spiro atoms. The number of carbonyl (C=O) groups is 1. The summed E-state index contributed by atoms with van der Waals surface area (Å²) in [5, 5.41) is 2.98. The second-order valence-corrected chi connectivity index (χ2v) is 5.03. The summed E-state index contributed by atoms with van der Waals surface area (Å²) in [6.07, 6.45) is 2.38. The van der Waals surface area contributed by atoms with Gasteiger partial charge in [-0.1, -0.05) is 13.0 Å². The second kappa shape index (κ2) is 4.88. The molecule has 1 unspecified atom stereocenters. The van der Waals surface area contributed by atoms with E-state index in [0.717, 1.165) is 16.8 Å². The predicted octanol–water partition coefficient (Wildman–Crippen LogP) is 2.44. The number of anilines is 1. The van der Waals surface area contributed by atoms with E-state index in [-0.39, 0.29) is 11.8 Å². The Morgan fingerprint density at radius 2 is 2.18 bits per heavy atom. The van der Waals surface area contributed by atoms with Gasteiger partial charge in [-0.2, -0.15) is 0 Å². The second-order valence-electron chi connectivity index (χ2n) is 5.03. The van der Waals surface area contributed by atoms with Crippen LogP contribution in [0, 0.1) is 18.8 Å². The largest absolute Gasteiger partial charge is 0.326 e. The fraction of sp³-hybridized carbons (Fsp3) is 0.500. The van der Waals surface area contributed by atoms with Crippen molar-refractivity contribution < 1.29 is 4.79 Å². The van der Waals surface area contributed by atoms with Gasteiger partial charge in [0.25, 0.3) is 0 Å². The average Bonchev–Trinajstić information content (AvgIpc) is 3.10. The quantitative estimate of drug-likeness (QED) is 0.837. The maximum atomic E-state index is 12.0. The van der Waals surface area contributed by atoms with Crippen molar-refractivity contribution in [2.45, 2.75) is 33.2 Å². The normalized spacial score (nSPS) is 16.6. The molecule has 3 nitrogen and oxygen atoms in total. The minimum atomic E-state index is 0.122. The molecule has 1 aromatic rings. The highest BCUT2D eigenvalue weighted by Gasteiger charge is 2.32. The maximum Gasteiger partial charge on any atom is 0.227 e. The van der Waals surface area contributed by atoms with Crippen LogP contribution in [0.15, 0.2) is 18.2 Å². The molecule has 0 bridgehead atoms. The summed E-state index contributed by atoms with van der Waals surface area (Å²) in [5.41, 5.74) is 8.67. The SMILES string of the molecule is Cc1cc(CN)cc(NC(=O)C(C)C2CC2)c1. The highest BCUT2D eigenvalue weighted by Crippen LogP contribution is 2.37. The van der Waals surface area contributed by atoms with Crippen LogP contribution < -0.4 is 11.1 Å². The monoisotopic (exact) mass is 232 g/mol. The van der Waals surface area contributed by atoms with Gasteiger partial charge in [0.15, 0.2) is 0 Å². The number of benzene rings is 1. The molecule has 3 heteroatoms. The standard InChI is InChI=1S/C14H20N2O/c1-9-5-11(8-15)7-13(6-9)16-14(17)10(2)12-3-4-12/h5-7,10,12H,3-4,8,15H2,1-2H3,(H,16,17). The lowest BCUT2D eigenvalue weighted by atomic mass is 10.1. The van der Waals surface area contributed by atoms with Crippen LogP contribution in [-0.4, -0.2) is 5.91 Å². The number of nitrogens with two attached hydrogens (primary N) is 1. The van der Waals surface area contributed by atoms with Crippen LogP contribution in [0.25, 0.3) is 0 Å². The number of hydrogen-bond donors (Lipinski definition) is 2. The molecule has 0 heterocycles. The minimum Gasteiger partial charge on any atom is -0.326 e. The molecule has 17 heavy (non-hydrogen) atoms. The molecule has 1 atom stereocenters. The van der Waals surface area contributed by atoms with E-state index in [4.69, 9.17) is 5.73 Å². The Bertz CT molecular complexity index is 424. The van der Waals surface area contributed by atoms with E-state index in [1.807, 2.05) is 32.0 Å². The molecule has 0 saturated heterocycles. The molecule has 1 amide bonds. The minimum absolute atomic E-state index is 0.122. The smallest absolute Gasteiger partial charge is 0.227 e. The average molecular weight is 232 g/mol. The van der Waals surface area contributed by atoms with Crippen LogP contribution >= 0.6 is 0 Å². The first-order chi connectivity index (χ1) is 8.10. The summed E-state index contributed by atoms with van der Waals surface area (Å²) in [4.78, 5) is 12.0. The van der Waals surface area contributed by atoms with Crippen molar-refractivity contribution in [2.24, 2.45) is 17.6 Å². The maximum absolute atomic E-state index is 12.0. The van der Waals surface area contributed by atoms with Gasteiger partial charge in [0.05, 0.1) is 0 Å². The summed E-state index contributed by atoms with van der Waals surface area (Å²) >= 11 is 0. The molecule has 0 aliphatic heterocycles. The lowest BCUT2D eigenvalue weighted by Crippen LogP contribution is -2.22. The fourth-order valence-electron chi connectivity index (χ4n) is 2.12. The summed E-state index contributed by atoms with van der Waals surface area (Å²) in [5.74, 6) is 0.840. The molecule has 1 aliphatic carbocycles. The number of carbonyl (C=O) groups excluding carboxylic acids is 1. The van der Waals surface area contributed by atoms with Crippen molar-refractivity contribution in [1.82, 2.24) is 0 Å². The number of nitrogens with one attached hydrogen (secondary N) is 1. The van der Waals surface area contributed by atoms with Crippen molar-refractivity contribution in [3.8, 4) is 0 Å². The molecule has 92 valence electrons. The van der Waals surface area contributed by atoms with Gasteiger partial charge in [-0.25, -0.2) is 0 Å². The topological polar surface area (TPSA) is 55.1 Å². The van der Waals surface area contributed by atoms with E-state index in [1.54, 1.807) is 0 Å². The molecule has 1 saturated carbocycles. The van der Waals surface area contributed by atoms with Crippen molar-refractivity contribution >= 4 is 11.6 Å². The van der Waals surface area contributed by atoms with E-state index in [1.165, 1.54) is 12.8 Å². The van der Waals surface area contributed by atoms with Crippen LogP contribution in [0.3, 0.4) is 0 Å². The summed E-state index contributed by atoms with van der Waals surface area (Å²) in [7, 11) is 0. The third kappa shape index (κ3) is 3.07. The fourth-order valence-corrected chi connectivity index (χ4v) is 2.12. The number of aryl methyl sites for hydroxylation is 1. The molecular formula is C14H20N2O. The first kappa shape index (κ1) is 12.1. The van der Waals surface area contributed by atoms with Crippen LogP contribution in [0.5, 0.6) is 0 Å². The first-order valence-corrected chi connectivity index (χ1v) is 6.21. The predicted molar refractivity (Wildman–Crippen MR) is 69.6 cm³/mol. The Labute approximate surface area is 102 Å². The molecule has 3 N–H and O–H groups in total. The van der Waals surface area contributed by atoms with E-state index in [2.05, 4.69) is 5.32 Å². The zero-order valence-corrected chi connectivity index (χ0v) is 10.5. The summed E-state index contributed by atoms with van der Waals surface area (Å²) < 4.78 is 0. The Kier molecular flexibility index (Phi) is 3.48. The van der Waals surface area contributed by atoms with Gasteiger partial charge < -0.3 is 11.1 Å². The molecule has 0 aromatic heterocycles. The van der Waals surface area contributed by atoms with E-state index in [9.17, 15) is 4.79 Å². The zero-order chi connectivity index (χ0) is 12.4. The lowest BCUT2D eigenvalue weighted by molar-refractivity contribution is -0.119. The Morgan fingerprint density at radius 3 is 2.76 bits per heavy atom. The van der Waals surface area contributed by atoms with Gasteiger partial charge in [0.2, 0.25) is 5.91 Å². The Hall–Kier alpha value is -1.35. The van der Waals surface area contributed by atoms with Crippen LogP contribution in [0.4, 0.5) is 5.69 Å². The van der Waals surface area contributed by atoms with Crippen LogP contribution in [0.2, 0.25) is 0 Å². The van der Waals surface area contributed by atoms with Crippen LogP contribution in [-0.2, 0) is 11.3 Å². The highest BCUT2D eigenvalue weighted by molar-refractivity contribution is 5.92. The van der Waals surface area contributed by atoms with Crippen molar-refractivity contribution in [2.75, 3.05) is 5.32 Å². The Morgan fingerprint density at radius 1 is 1.47 bits per heavy atom. The molecule has 2 rings (SSSR count). The van der Waals surface area contributed by atoms with Crippen molar-refractivity contribution in [1.29, 1.82) is 0 Å². The third-order valence-corrected chi connectivity index (χ3v) is 3.38. The number of amides is 1. The van der Waals surface area contributed by atoms with Gasteiger partial charge in [-0.05, 0) is 48.9 Å². The van der Waals surface area contributed by atoms with Gasteiger partial charge >= 0.3 is 0 Å². The summed E-state index contributed by atoms with van der Waals surface area (Å²) in [6.45, 7) is 4.52. The number of hydrogen-bond acceptors (Lipinski definition) is 2. The Balaban J connectivity index is 2.06. The number of rotatable bonds is 4. The molecule has 1 aromatic carbocycles. The molecule has 0 radical (unpaired) electrons. The zero-order valence-electron chi connectivity index (χ0n) is 10.5. The highest BCUT2D eigenvalue weighted by atomic mass is 16.1. The third-order valence-electron chi connectivity index (χ3n) is 3.38. The van der Waals surface area contributed by atoms with Crippen LogP contribution in [0.1, 0.15) is 30.9 Å². The molecule has 1 fully saturated rings. The van der Waals surface area contributed by atoms with Crippen molar-refractivity contribution in [3.05, 3.63) is 29.3 Å². The molecular weight excluding hydrogens is 212 g/mol. The van der Waals surface area contributed by atoms with Gasteiger partial charge in [0, 0.05) is 18.2 Å². The van der Waals surface area contributed by atoms with E-state index >= 15 is 0 Å². The van der Waals surface area contributed by atoms with Crippen molar-refractivity contribution in [3.63, 3.8) is 0 Å². The van der Waals surface area contributed by atoms with E-state index < -0.39 is 0 Å². The molecule has 1 aliphatic rings. The first-order valence-electron chi connectivity index (χ1n) is 6.21. The summed E-state index contributed by atoms with van der Waals surface area (Å²) in [6, 6.07) is 5.97.